The largest absolute Gasteiger partial charge is 0.493 e. The first-order chi connectivity index (χ1) is 22.9. The Morgan fingerprint density at radius 2 is 1.32 bits per heavy atom. The van der Waals surface area contributed by atoms with Gasteiger partial charge in [-0.2, -0.15) is 0 Å². The van der Waals surface area contributed by atoms with E-state index in [2.05, 4.69) is 84.6 Å². The van der Waals surface area contributed by atoms with E-state index in [9.17, 15) is 0 Å². The Morgan fingerprint density at radius 1 is 0.638 bits per heavy atom. The standard InChI is InChI=1S/C40H44N2O5/c1-41-16-14-27-21-35(43-3)36-23-31(27)32(41)18-24-6-11-29(12-7-24)46-34-20-25(8-13-30(34)26-9-10-26)19-33-38-28(15-17-42(33)2)22-37(44-4)39(45-5)40(38)47-36/h6-8,11-13,20-23,26,32-33H,9-10,14-19H2,1-5H3/t32-,33+/m0/s1. The molecule has 47 heavy (non-hydrogen) atoms. The smallest absolute Gasteiger partial charge is 0.204 e. The molecule has 0 unspecified atom stereocenters. The fraction of sp³-hybridized carbons (Fsp3) is 0.400. The van der Waals surface area contributed by atoms with Crippen molar-refractivity contribution in [3.63, 3.8) is 0 Å². The number of rotatable bonds is 4. The first kappa shape index (κ1) is 30.2. The Kier molecular flexibility index (Phi) is 7.77. The summed E-state index contributed by atoms with van der Waals surface area (Å²) < 4.78 is 31.7. The molecule has 1 fully saturated rings. The number of nitrogens with zero attached hydrogens (tertiary/aromatic N) is 2. The van der Waals surface area contributed by atoms with E-state index in [4.69, 9.17) is 23.7 Å². The second kappa shape index (κ2) is 12.1. The second-order valence-electron chi connectivity index (χ2n) is 13.6. The van der Waals surface area contributed by atoms with Crippen molar-refractivity contribution < 1.29 is 23.7 Å². The normalized spacial score (nSPS) is 20.7. The van der Waals surface area contributed by atoms with Crippen molar-refractivity contribution in [3.8, 4) is 40.2 Å². The Labute approximate surface area is 278 Å². The molecular weight excluding hydrogens is 588 g/mol. The van der Waals surface area contributed by atoms with Crippen LogP contribution in [0.1, 0.15) is 69.8 Å². The van der Waals surface area contributed by atoms with Gasteiger partial charge in [-0.25, -0.2) is 0 Å². The van der Waals surface area contributed by atoms with E-state index in [1.54, 1.807) is 21.3 Å². The van der Waals surface area contributed by atoms with Crippen molar-refractivity contribution in [2.24, 2.45) is 0 Å². The number of fused-ring (bicyclic) bond motifs is 2. The molecule has 0 aromatic heterocycles. The van der Waals surface area contributed by atoms with E-state index in [-0.39, 0.29) is 12.1 Å². The molecule has 9 rings (SSSR count). The minimum atomic E-state index is 0.0499. The SMILES string of the molecule is COc1cc2c3cc1Oc1c(OC)c(OC)cc4c1[C@@H](Cc1ccc(C5CC5)c(c1)Oc1ccc(cc1)C[C@@H]3N(C)CC2)N(C)CC4. The maximum absolute atomic E-state index is 7.07. The second-order valence-corrected chi connectivity index (χ2v) is 13.6. The summed E-state index contributed by atoms with van der Waals surface area (Å²) in [6, 6.07) is 22.3. The van der Waals surface area contributed by atoms with Crippen molar-refractivity contribution in [1.82, 2.24) is 9.80 Å². The van der Waals surface area contributed by atoms with Gasteiger partial charge in [-0.3, -0.25) is 9.80 Å². The van der Waals surface area contributed by atoms with E-state index in [1.807, 2.05) is 0 Å². The topological polar surface area (TPSA) is 52.6 Å². The summed E-state index contributed by atoms with van der Waals surface area (Å²) in [6.07, 6.45) is 5.95. The minimum Gasteiger partial charge on any atom is -0.493 e. The lowest BCUT2D eigenvalue weighted by molar-refractivity contribution is 0.220. The van der Waals surface area contributed by atoms with Gasteiger partial charge in [0.15, 0.2) is 23.0 Å². The summed E-state index contributed by atoms with van der Waals surface area (Å²) in [5.74, 6) is 5.81. The molecule has 7 nitrogen and oxygen atoms in total. The Morgan fingerprint density at radius 3 is 2.04 bits per heavy atom. The van der Waals surface area contributed by atoms with E-state index in [1.165, 1.54) is 46.2 Å². The van der Waals surface area contributed by atoms with Gasteiger partial charge >= 0.3 is 0 Å². The predicted octanol–water partition coefficient (Wildman–Crippen LogP) is 8.03. The van der Waals surface area contributed by atoms with Gasteiger partial charge in [0.1, 0.15) is 11.5 Å². The van der Waals surface area contributed by atoms with Gasteiger partial charge < -0.3 is 23.7 Å². The molecule has 4 aromatic rings. The van der Waals surface area contributed by atoms with E-state index in [0.29, 0.717) is 28.9 Å². The lowest BCUT2D eigenvalue weighted by Crippen LogP contribution is -2.34. The summed E-state index contributed by atoms with van der Waals surface area (Å²) in [7, 11) is 9.53. The van der Waals surface area contributed by atoms with Crippen LogP contribution in [0, 0.1) is 0 Å². The highest BCUT2D eigenvalue weighted by Crippen LogP contribution is 2.52. The van der Waals surface area contributed by atoms with Crippen LogP contribution in [0.4, 0.5) is 0 Å². The zero-order chi connectivity index (χ0) is 32.2. The highest BCUT2D eigenvalue weighted by Gasteiger charge is 2.35. The number of hydrogen-bond acceptors (Lipinski definition) is 7. The average Bonchev–Trinajstić information content (AvgIpc) is 3.93. The van der Waals surface area contributed by atoms with E-state index < -0.39 is 0 Å². The van der Waals surface area contributed by atoms with Crippen LogP contribution in [-0.4, -0.2) is 58.3 Å². The molecule has 0 spiro atoms. The van der Waals surface area contributed by atoms with Crippen molar-refractivity contribution >= 4 is 0 Å². The third-order valence-corrected chi connectivity index (χ3v) is 10.7. The Bertz CT molecular complexity index is 1820. The third-order valence-electron chi connectivity index (χ3n) is 10.7. The van der Waals surface area contributed by atoms with Crippen molar-refractivity contribution in [1.29, 1.82) is 0 Å². The molecule has 5 aliphatic rings. The first-order valence-electron chi connectivity index (χ1n) is 16.9. The Hall–Kier alpha value is -4.20. The number of likely N-dealkylation sites (N-methyl/N-ethyl adjacent to an activating group) is 2. The molecule has 7 heteroatoms. The molecule has 0 N–H and O–H groups in total. The lowest BCUT2D eigenvalue weighted by Gasteiger charge is -2.37. The highest BCUT2D eigenvalue weighted by molar-refractivity contribution is 5.64. The fourth-order valence-electron chi connectivity index (χ4n) is 7.87. The van der Waals surface area contributed by atoms with Gasteiger partial charge in [-0.15, -0.1) is 0 Å². The van der Waals surface area contributed by atoms with Gasteiger partial charge in [-0.05, 0) is 128 Å². The number of ether oxygens (including phenoxy) is 5. The number of benzene rings is 4. The minimum absolute atomic E-state index is 0.0499. The van der Waals surface area contributed by atoms with Gasteiger partial charge in [0.05, 0.1) is 21.3 Å². The van der Waals surface area contributed by atoms with Crippen molar-refractivity contribution in [3.05, 3.63) is 99.6 Å². The van der Waals surface area contributed by atoms with Crippen LogP contribution in [0.5, 0.6) is 40.2 Å². The molecule has 4 aromatic carbocycles. The summed E-state index contributed by atoms with van der Waals surface area (Å²) >= 11 is 0. The molecule has 0 radical (unpaired) electrons. The summed E-state index contributed by atoms with van der Waals surface area (Å²) in [6.45, 7) is 1.91. The zero-order valence-electron chi connectivity index (χ0n) is 28.1. The maximum atomic E-state index is 7.07. The summed E-state index contributed by atoms with van der Waals surface area (Å²) in [5, 5.41) is 0. The quantitative estimate of drug-likeness (QED) is 0.226. The van der Waals surface area contributed by atoms with E-state index in [0.717, 1.165) is 61.6 Å². The number of methoxy groups -OCH3 is 3. The van der Waals surface area contributed by atoms with Gasteiger partial charge in [0, 0.05) is 30.7 Å². The monoisotopic (exact) mass is 632 g/mol. The van der Waals surface area contributed by atoms with Crippen LogP contribution in [-0.2, 0) is 25.7 Å². The molecule has 4 heterocycles. The summed E-state index contributed by atoms with van der Waals surface area (Å²) in [5.41, 5.74) is 8.73. The molecule has 1 aliphatic carbocycles. The summed E-state index contributed by atoms with van der Waals surface area (Å²) in [4.78, 5) is 4.89. The third kappa shape index (κ3) is 5.49. The van der Waals surface area contributed by atoms with E-state index >= 15 is 0 Å². The lowest BCUT2D eigenvalue weighted by atomic mass is 9.87. The van der Waals surface area contributed by atoms with Crippen LogP contribution < -0.4 is 23.7 Å². The van der Waals surface area contributed by atoms with Gasteiger partial charge in [-0.1, -0.05) is 24.3 Å². The molecule has 1 saturated carbocycles. The molecule has 0 amide bonds. The molecule has 244 valence electrons. The molecule has 0 saturated heterocycles. The van der Waals surface area contributed by atoms with Crippen LogP contribution in [0.25, 0.3) is 0 Å². The average molecular weight is 633 g/mol. The molecular formula is C40H44N2O5. The van der Waals surface area contributed by atoms with Gasteiger partial charge in [0.2, 0.25) is 5.75 Å². The van der Waals surface area contributed by atoms with Crippen LogP contribution in [0.2, 0.25) is 0 Å². The zero-order valence-corrected chi connectivity index (χ0v) is 28.1. The van der Waals surface area contributed by atoms with Crippen molar-refractivity contribution in [2.45, 2.75) is 56.5 Å². The Balaban J connectivity index is 1.35. The molecule has 2 atom stereocenters. The maximum Gasteiger partial charge on any atom is 0.204 e. The van der Waals surface area contributed by atoms with Crippen molar-refractivity contribution in [2.75, 3.05) is 48.5 Å². The number of hydrogen-bond donors (Lipinski definition) is 0. The molecule has 6 bridgehead atoms. The highest BCUT2D eigenvalue weighted by atomic mass is 16.5. The first-order valence-corrected chi connectivity index (χ1v) is 16.9. The fourth-order valence-corrected chi connectivity index (χ4v) is 7.87. The van der Waals surface area contributed by atoms with Crippen LogP contribution in [0.15, 0.2) is 60.7 Å². The van der Waals surface area contributed by atoms with Crippen LogP contribution >= 0.6 is 0 Å². The predicted molar refractivity (Wildman–Crippen MR) is 183 cm³/mol. The molecule has 4 aliphatic heterocycles. The van der Waals surface area contributed by atoms with Crippen LogP contribution in [0.3, 0.4) is 0 Å². The van der Waals surface area contributed by atoms with Gasteiger partial charge in [0.25, 0.3) is 0 Å².